The normalized spacial score (nSPS) is 10.3. The van der Waals surface area contributed by atoms with E-state index < -0.39 is 0 Å². The van der Waals surface area contributed by atoms with Gasteiger partial charge in [-0.15, -0.1) is 12.4 Å². The third-order valence-corrected chi connectivity index (χ3v) is 2.25. The van der Waals surface area contributed by atoms with Crippen molar-refractivity contribution in [3.63, 3.8) is 0 Å². The Labute approximate surface area is 124 Å². The molecule has 0 aromatic carbocycles. The summed E-state index contributed by atoms with van der Waals surface area (Å²) in [6.07, 6.45) is 3.14. The van der Waals surface area contributed by atoms with Gasteiger partial charge in [0.15, 0.2) is 0 Å². The molecule has 0 aliphatic carbocycles. The van der Waals surface area contributed by atoms with E-state index >= 15 is 0 Å². The van der Waals surface area contributed by atoms with Crippen LogP contribution in [0.15, 0.2) is 18.5 Å². The Morgan fingerprint density at radius 1 is 1.35 bits per heavy atom. The predicted octanol–water partition coefficient (Wildman–Crippen LogP) is 1.12. The molecule has 1 aromatic heterocycles. The fourth-order valence-electron chi connectivity index (χ4n) is 1.46. The number of amides is 2. The number of aromatic nitrogens is 1. The molecule has 4 N–H and O–H groups in total. The summed E-state index contributed by atoms with van der Waals surface area (Å²) in [5, 5.41) is 5.45. The second kappa shape index (κ2) is 7.69. The van der Waals surface area contributed by atoms with Gasteiger partial charge in [-0.25, -0.2) is 0 Å². The van der Waals surface area contributed by atoms with Crippen LogP contribution in [-0.4, -0.2) is 28.9 Å². The molecule has 1 rings (SSSR count). The van der Waals surface area contributed by atoms with Gasteiger partial charge >= 0.3 is 0 Å². The minimum Gasteiger partial charge on any atom is -0.398 e. The monoisotopic (exact) mass is 300 g/mol. The Kier molecular flexibility index (Phi) is 6.99. The van der Waals surface area contributed by atoms with Crippen molar-refractivity contribution in [1.82, 2.24) is 15.6 Å². The van der Waals surface area contributed by atoms with Crippen molar-refractivity contribution in [3.05, 3.63) is 24.0 Å². The number of carbonyl (C=O) groups excluding carboxylic acids is 2. The summed E-state index contributed by atoms with van der Waals surface area (Å²) in [6.45, 7) is 5.97. The molecule has 0 saturated heterocycles. The van der Waals surface area contributed by atoms with E-state index in [0.29, 0.717) is 11.3 Å². The van der Waals surface area contributed by atoms with E-state index in [1.165, 1.54) is 12.4 Å². The molecule has 0 radical (unpaired) electrons. The van der Waals surface area contributed by atoms with Gasteiger partial charge in [-0.2, -0.15) is 0 Å². The fourth-order valence-corrected chi connectivity index (χ4v) is 1.46. The number of halogens is 1. The van der Waals surface area contributed by atoms with Crippen LogP contribution in [0, 0.1) is 0 Å². The van der Waals surface area contributed by atoms with Gasteiger partial charge in [-0.3, -0.25) is 14.6 Å². The third kappa shape index (κ3) is 6.38. The van der Waals surface area contributed by atoms with Crippen molar-refractivity contribution < 1.29 is 9.59 Å². The molecule has 6 nitrogen and oxygen atoms in total. The van der Waals surface area contributed by atoms with Gasteiger partial charge in [0.2, 0.25) is 5.91 Å². The van der Waals surface area contributed by atoms with Gasteiger partial charge in [0.1, 0.15) is 0 Å². The standard InChI is InChI=1S/C13H20N4O2.ClH/c1-13(2,3)17-11(18)5-7-16-12(19)9-8-15-6-4-10(9)14;/h4,6,8H,5,7H2,1-3H3,(H2,14,15)(H,16,19)(H,17,18);1H. The highest BCUT2D eigenvalue weighted by Gasteiger charge is 2.14. The SMILES string of the molecule is CC(C)(C)NC(=O)CCNC(=O)c1cnccc1N.Cl. The number of rotatable bonds is 4. The second-order valence-corrected chi connectivity index (χ2v) is 5.27. The van der Waals surface area contributed by atoms with Crippen molar-refractivity contribution in [3.8, 4) is 0 Å². The zero-order valence-electron chi connectivity index (χ0n) is 11.9. The van der Waals surface area contributed by atoms with Crippen molar-refractivity contribution in [2.75, 3.05) is 12.3 Å². The first-order valence-electron chi connectivity index (χ1n) is 6.08. The Morgan fingerprint density at radius 3 is 2.55 bits per heavy atom. The van der Waals surface area contributed by atoms with Crippen molar-refractivity contribution in [1.29, 1.82) is 0 Å². The predicted molar refractivity (Wildman–Crippen MR) is 80.7 cm³/mol. The number of nitrogens with two attached hydrogens (primary N) is 1. The van der Waals surface area contributed by atoms with Crippen LogP contribution < -0.4 is 16.4 Å². The average molecular weight is 301 g/mol. The quantitative estimate of drug-likeness (QED) is 0.776. The Bertz CT molecular complexity index is 472. The number of hydrogen-bond donors (Lipinski definition) is 3. The molecule has 112 valence electrons. The number of nitrogen functional groups attached to an aromatic ring is 1. The first-order chi connectivity index (χ1) is 8.79. The number of hydrogen-bond acceptors (Lipinski definition) is 4. The van der Waals surface area contributed by atoms with Crippen LogP contribution in [0.5, 0.6) is 0 Å². The van der Waals surface area contributed by atoms with Crippen LogP contribution >= 0.6 is 12.4 Å². The molecule has 0 aliphatic heterocycles. The molecule has 0 unspecified atom stereocenters. The molecule has 2 amide bonds. The number of carbonyl (C=O) groups is 2. The molecule has 0 atom stereocenters. The lowest BCUT2D eigenvalue weighted by Gasteiger charge is -2.20. The largest absolute Gasteiger partial charge is 0.398 e. The molecular formula is C13H21ClN4O2. The summed E-state index contributed by atoms with van der Waals surface area (Å²) < 4.78 is 0. The molecule has 0 bridgehead atoms. The fraction of sp³-hybridized carbons (Fsp3) is 0.462. The molecule has 7 heteroatoms. The van der Waals surface area contributed by atoms with E-state index in [9.17, 15) is 9.59 Å². The van der Waals surface area contributed by atoms with Crippen LogP contribution in [-0.2, 0) is 4.79 Å². The zero-order valence-corrected chi connectivity index (χ0v) is 12.7. The van der Waals surface area contributed by atoms with Crippen LogP contribution in [0.25, 0.3) is 0 Å². The Balaban J connectivity index is 0.00000361. The number of pyridine rings is 1. The summed E-state index contributed by atoms with van der Waals surface area (Å²) in [4.78, 5) is 27.2. The lowest BCUT2D eigenvalue weighted by molar-refractivity contribution is -0.122. The number of nitrogens with one attached hydrogen (secondary N) is 2. The van der Waals surface area contributed by atoms with Crippen LogP contribution in [0.1, 0.15) is 37.6 Å². The van der Waals surface area contributed by atoms with Crippen molar-refractivity contribution in [2.24, 2.45) is 0 Å². The molecule has 1 heterocycles. The minimum atomic E-state index is -0.325. The Hall–Kier alpha value is -1.82. The second-order valence-electron chi connectivity index (χ2n) is 5.27. The lowest BCUT2D eigenvalue weighted by atomic mass is 10.1. The molecule has 20 heavy (non-hydrogen) atoms. The summed E-state index contributed by atoms with van der Waals surface area (Å²) in [6, 6.07) is 1.56. The van der Waals surface area contributed by atoms with E-state index in [1.807, 2.05) is 20.8 Å². The van der Waals surface area contributed by atoms with Crippen molar-refractivity contribution in [2.45, 2.75) is 32.7 Å². The van der Waals surface area contributed by atoms with E-state index in [0.717, 1.165) is 0 Å². The average Bonchev–Trinajstić information content (AvgIpc) is 2.26. The first-order valence-corrected chi connectivity index (χ1v) is 6.08. The van der Waals surface area contributed by atoms with Gasteiger partial charge in [0.05, 0.1) is 5.56 Å². The highest BCUT2D eigenvalue weighted by molar-refractivity contribution is 5.98. The highest BCUT2D eigenvalue weighted by Crippen LogP contribution is 2.07. The maximum absolute atomic E-state index is 11.8. The summed E-state index contributed by atoms with van der Waals surface area (Å²) in [5.41, 5.74) is 6.07. The van der Waals surface area contributed by atoms with Gasteiger partial charge in [0, 0.05) is 36.6 Å². The van der Waals surface area contributed by atoms with Gasteiger partial charge < -0.3 is 16.4 Å². The van der Waals surface area contributed by atoms with Crippen LogP contribution in [0.3, 0.4) is 0 Å². The molecule has 0 fully saturated rings. The third-order valence-electron chi connectivity index (χ3n) is 2.25. The van der Waals surface area contributed by atoms with E-state index in [1.54, 1.807) is 6.07 Å². The lowest BCUT2D eigenvalue weighted by Crippen LogP contribution is -2.42. The Morgan fingerprint density at radius 2 is 2.00 bits per heavy atom. The van der Waals surface area contributed by atoms with E-state index in [2.05, 4.69) is 15.6 Å². The van der Waals surface area contributed by atoms with Crippen molar-refractivity contribution >= 4 is 29.9 Å². The molecular weight excluding hydrogens is 280 g/mol. The van der Waals surface area contributed by atoms with E-state index in [4.69, 9.17) is 5.73 Å². The maximum Gasteiger partial charge on any atom is 0.254 e. The van der Waals surface area contributed by atoms with Gasteiger partial charge in [-0.05, 0) is 26.8 Å². The van der Waals surface area contributed by atoms with E-state index in [-0.39, 0.29) is 42.7 Å². The molecule has 1 aromatic rings. The van der Waals surface area contributed by atoms with Gasteiger partial charge in [-0.1, -0.05) is 0 Å². The maximum atomic E-state index is 11.8. The summed E-state index contributed by atoms with van der Waals surface area (Å²) in [7, 11) is 0. The molecule has 0 saturated carbocycles. The van der Waals surface area contributed by atoms with Crippen LogP contribution in [0.4, 0.5) is 5.69 Å². The van der Waals surface area contributed by atoms with Crippen LogP contribution in [0.2, 0.25) is 0 Å². The smallest absolute Gasteiger partial charge is 0.254 e. The summed E-state index contributed by atoms with van der Waals surface area (Å²) in [5.74, 6) is -0.430. The minimum absolute atomic E-state index is 0. The molecule has 0 spiro atoms. The van der Waals surface area contributed by atoms with Gasteiger partial charge in [0.25, 0.3) is 5.91 Å². The topological polar surface area (TPSA) is 97.1 Å². The number of anilines is 1. The first kappa shape index (κ1) is 18.2. The molecule has 0 aliphatic rings. The summed E-state index contributed by atoms with van der Waals surface area (Å²) >= 11 is 0. The number of nitrogens with zero attached hydrogens (tertiary/aromatic N) is 1. The highest BCUT2D eigenvalue weighted by atomic mass is 35.5. The zero-order chi connectivity index (χ0) is 14.5.